The van der Waals surface area contributed by atoms with Crippen LogP contribution in [0, 0.1) is 27.7 Å². The van der Waals surface area contributed by atoms with Crippen molar-refractivity contribution in [2.24, 2.45) is 0 Å². The van der Waals surface area contributed by atoms with Crippen LogP contribution in [0.3, 0.4) is 0 Å². The lowest BCUT2D eigenvalue weighted by atomic mass is 9.67. The number of anilines is 2. The Morgan fingerprint density at radius 1 is 0.490 bits per heavy atom. The van der Waals surface area contributed by atoms with Crippen molar-refractivity contribution in [1.82, 2.24) is 0 Å². The molecule has 7 rings (SSSR count). The van der Waals surface area contributed by atoms with Gasteiger partial charge in [-0.3, -0.25) is 0 Å². The minimum atomic E-state index is -0.546. The molecule has 4 heteroatoms. The second-order valence-electron chi connectivity index (χ2n) is 14.0. The van der Waals surface area contributed by atoms with Crippen molar-refractivity contribution in [3.8, 4) is 34.1 Å². The Kier molecular flexibility index (Phi) is 9.12. The van der Waals surface area contributed by atoms with E-state index in [1.165, 1.54) is 44.5 Å². The van der Waals surface area contributed by atoms with Crippen molar-refractivity contribution < 1.29 is 9.47 Å². The number of ether oxygens (including phenoxy) is 2. The third-order valence-electron chi connectivity index (χ3n) is 10.8. The predicted octanol–water partition coefficient (Wildman–Crippen LogP) is 11.9. The molecule has 0 heterocycles. The van der Waals surface area contributed by atoms with Crippen LogP contribution in [0.2, 0.25) is 0 Å². The summed E-state index contributed by atoms with van der Waals surface area (Å²) in [5.41, 5.74) is 27.8. The van der Waals surface area contributed by atoms with Crippen molar-refractivity contribution in [2.45, 2.75) is 72.6 Å². The molecule has 0 aromatic heterocycles. The van der Waals surface area contributed by atoms with Gasteiger partial charge in [-0.2, -0.15) is 0 Å². The number of benzene rings is 6. The third kappa shape index (κ3) is 5.73. The van der Waals surface area contributed by atoms with Crippen LogP contribution in [0.1, 0.15) is 82.3 Å². The lowest BCUT2D eigenvalue weighted by molar-refractivity contribution is 0.470. The second kappa shape index (κ2) is 13.7. The second-order valence-corrected chi connectivity index (χ2v) is 14.0. The fourth-order valence-electron chi connectivity index (χ4n) is 8.07. The van der Waals surface area contributed by atoms with Crippen LogP contribution in [-0.2, 0) is 18.3 Å². The number of fused-ring (bicyclic) bond motifs is 3. The number of aryl methyl sites for hydroxylation is 2. The number of hydrogen-bond donors (Lipinski definition) is 2. The number of nitrogens with two attached hydrogens (primary N) is 2. The maximum atomic E-state index is 6.68. The first-order valence-electron chi connectivity index (χ1n) is 18.2. The van der Waals surface area contributed by atoms with Gasteiger partial charge < -0.3 is 20.9 Å². The monoisotopic (exact) mass is 672 g/mol. The Morgan fingerprint density at radius 3 is 1.27 bits per heavy atom. The van der Waals surface area contributed by atoms with Crippen molar-refractivity contribution in [3.63, 3.8) is 0 Å². The molecule has 0 fully saturated rings. The molecule has 0 bridgehead atoms. The van der Waals surface area contributed by atoms with E-state index in [4.69, 9.17) is 20.9 Å². The maximum absolute atomic E-state index is 6.68. The molecule has 0 unspecified atom stereocenters. The first-order valence-corrected chi connectivity index (χ1v) is 18.2. The first kappa shape index (κ1) is 34.0. The van der Waals surface area contributed by atoms with Crippen molar-refractivity contribution in [1.29, 1.82) is 0 Å². The van der Waals surface area contributed by atoms with Crippen LogP contribution >= 0.6 is 0 Å². The Labute approximate surface area is 303 Å². The summed E-state index contributed by atoms with van der Waals surface area (Å²) in [7, 11) is 0. The standard InChI is InChI=1S/C47H48N2O2/c1-7-13-35-31(5)41(48)21-25-45(35)50-43-23-19-33(27-29(43)3)47(39-17-11-9-15-37(39)38-16-10-12-18-40(38)47)34-20-24-44(30(4)28-34)51-46-26-22-42(49)32(6)36(46)14-8-2/h9-12,15-28H,7-8,13-14,48-49H2,1-6H3. The third-order valence-corrected chi connectivity index (χ3v) is 10.8. The van der Waals surface area contributed by atoms with E-state index < -0.39 is 5.41 Å². The zero-order chi connectivity index (χ0) is 35.9. The van der Waals surface area contributed by atoms with Crippen molar-refractivity contribution in [2.75, 3.05) is 11.5 Å². The maximum Gasteiger partial charge on any atom is 0.131 e. The van der Waals surface area contributed by atoms with Crippen molar-refractivity contribution in [3.05, 3.63) is 165 Å². The van der Waals surface area contributed by atoms with E-state index >= 15 is 0 Å². The zero-order valence-electron chi connectivity index (χ0n) is 30.7. The van der Waals surface area contributed by atoms with Gasteiger partial charge in [-0.05, 0) is 144 Å². The summed E-state index contributed by atoms with van der Waals surface area (Å²) in [5.74, 6) is 3.43. The molecule has 0 aliphatic heterocycles. The van der Waals surface area contributed by atoms with E-state index in [9.17, 15) is 0 Å². The van der Waals surface area contributed by atoms with E-state index in [0.29, 0.717) is 0 Å². The predicted molar refractivity (Wildman–Crippen MR) is 213 cm³/mol. The molecule has 4 N–H and O–H groups in total. The molecule has 4 nitrogen and oxygen atoms in total. The molecule has 0 spiro atoms. The zero-order valence-corrected chi connectivity index (χ0v) is 30.7. The van der Waals surface area contributed by atoms with Crippen LogP contribution in [-0.4, -0.2) is 0 Å². The fraction of sp³-hybridized carbons (Fsp3) is 0.234. The Bertz CT molecular complexity index is 2110. The van der Waals surface area contributed by atoms with Crippen LogP contribution in [0.4, 0.5) is 11.4 Å². The van der Waals surface area contributed by atoms with Gasteiger partial charge in [-0.15, -0.1) is 0 Å². The van der Waals surface area contributed by atoms with Crippen LogP contribution < -0.4 is 20.9 Å². The summed E-state index contributed by atoms with van der Waals surface area (Å²) in [4.78, 5) is 0. The van der Waals surface area contributed by atoms with Gasteiger partial charge >= 0.3 is 0 Å². The number of rotatable bonds is 10. The molecule has 0 amide bonds. The molecule has 6 aromatic carbocycles. The molecule has 0 saturated carbocycles. The molecule has 6 aromatic rings. The smallest absolute Gasteiger partial charge is 0.131 e. The van der Waals surface area contributed by atoms with Gasteiger partial charge in [0, 0.05) is 11.4 Å². The van der Waals surface area contributed by atoms with Gasteiger partial charge in [-0.25, -0.2) is 0 Å². The van der Waals surface area contributed by atoms with E-state index in [1.807, 2.05) is 24.3 Å². The summed E-state index contributed by atoms with van der Waals surface area (Å²) in [6.07, 6.45) is 3.86. The quantitative estimate of drug-likeness (QED) is 0.142. The van der Waals surface area contributed by atoms with E-state index in [2.05, 4.69) is 126 Å². The van der Waals surface area contributed by atoms with Crippen LogP contribution in [0.25, 0.3) is 11.1 Å². The normalized spacial score (nSPS) is 12.7. The lowest BCUT2D eigenvalue weighted by Gasteiger charge is -2.34. The molecule has 0 radical (unpaired) electrons. The van der Waals surface area contributed by atoms with Gasteiger partial charge in [0.2, 0.25) is 0 Å². The summed E-state index contributed by atoms with van der Waals surface area (Å²) < 4.78 is 13.4. The molecule has 51 heavy (non-hydrogen) atoms. The molecule has 1 aliphatic carbocycles. The first-order chi connectivity index (χ1) is 24.7. The van der Waals surface area contributed by atoms with Crippen LogP contribution in [0.5, 0.6) is 23.0 Å². The molecule has 258 valence electrons. The summed E-state index contributed by atoms with van der Waals surface area (Å²) in [6, 6.07) is 39.0. The Balaban J connectivity index is 1.37. The van der Waals surface area contributed by atoms with Gasteiger partial charge in [0.15, 0.2) is 0 Å². The van der Waals surface area contributed by atoms with E-state index in [-0.39, 0.29) is 0 Å². The molecular weight excluding hydrogens is 625 g/mol. The highest BCUT2D eigenvalue weighted by molar-refractivity contribution is 5.86. The highest BCUT2D eigenvalue weighted by Gasteiger charge is 2.46. The average Bonchev–Trinajstić information content (AvgIpc) is 3.44. The average molecular weight is 673 g/mol. The van der Waals surface area contributed by atoms with E-state index in [0.717, 1.165) is 82.3 Å². The summed E-state index contributed by atoms with van der Waals surface area (Å²) in [5, 5.41) is 0. The Hall–Kier alpha value is -5.48. The van der Waals surface area contributed by atoms with Gasteiger partial charge in [0.25, 0.3) is 0 Å². The van der Waals surface area contributed by atoms with Crippen molar-refractivity contribution >= 4 is 11.4 Å². The largest absolute Gasteiger partial charge is 0.457 e. The van der Waals surface area contributed by atoms with Gasteiger partial charge in [0.05, 0.1) is 5.41 Å². The molecular formula is C47H48N2O2. The highest BCUT2D eigenvalue weighted by Crippen LogP contribution is 2.57. The lowest BCUT2D eigenvalue weighted by Crippen LogP contribution is -2.28. The Morgan fingerprint density at radius 2 is 0.882 bits per heavy atom. The fourth-order valence-corrected chi connectivity index (χ4v) is 8.07. The van der Waals surface area contributed by atoms with E-state index in [1.54, 1.807) is 0 Å². The van der Waals surface area contributed by atoms with Gasteiger partial charge in [0.1, 0.15) is 23.0 Å². The minimum Gasteiger partial charge on any atom is -0.457 e. The topological polar surface area (TPSA) is 70.5 Å². The number of hydrogen-bond acceptors (Lipinski definition) is 4. The number of nitrogen functional groups attached to an aromatic ring is 2. The SMILES string of the molecule is CCCc1c(Oc2ccc(C3(c4ccc(Oc5ccc(N)c(C)c5CCC)c(C)c4)c4ccccc4-c4ccccc43)cc2C)ccc(N)c1C. The molecule has 1 aliphatic rings. The van der Waals surface area contributed by atoms with Gasteiger partial charge in [-0.1, -0.05) is 99.5 Å². The molecule has 0 atom stereocenters. The summed E-state index contributed by atoms with van der Waals surface area (Å²) in [6.45, 7) is 12.8. The summed E-state index contributed by atoms with van der Waals surface area (Å²) >= 11 is 0. The highest BCUT2D eigenvalue weighted by atomic mass is 16.5. The minimum absolute atomic E-state index is 0.546. The molecule has 0 saturated heterocycles. The van der Waals surface area contributed by atoms with Crippen LogP contribution in [0.15, 0.2) is 109 Å².